The number of nitrogens with one attached hydrogen (secondary N) is 1. The van der Waals surface area contributed by atoms with Gasteiger partial charge in [0.05, 0.1) is 0 Å². The lowest BCUT2D eigenvalue weighted by atomic mass is 10.2. The maximum atomic E-state index is 13.4. The van der Waals surface area contributed by atoms with E-state index < -0.39 is 5.82 Å². The summed E-state index contributed by atoms with van der Waals surface area (Å²) in [5, 5.41) is 3.08. The molecule has 1 fully saturated rings. The number of benzene rings is 1. The monoisotopic (exact) mass is 302 g/mol. The van der Waals surface area contributed by atoms with Gasteiger partial charge in [0.2, 0.25) is 0 Å². The van der Waals surface area contributed by atoms with Crippen LogP contribution in [0.3, 0.4) is 0 Å². The fraction of sp³-hybridized carbons (Fsp3) is 0.500. The van der Waals surface area contributed by atoms with Gasteiger partial charge in [0.1, 0.15) is 0 Å². The first-order valence-electron chi connectivity index (χ1n) is 6.53. The summed E-state index contributed by atoms with van der Waals surface area (Å²) in [4.78, 5) is 13.9. The summed E-state index contributed by atoms with van der Waals surface area (Å²) in [7, 11) is 1.87. The molecule has 0 aliphatic carbocycles. The summed E-state index contributed by atoms with van der Waals surface area (Å²) in [6.07, 6.45) is 2.02. The Bertz CT molecular complexity index is 445. The normalized spacial score (nSPS) is 17.7. The Kier molecular flexibility index (Phi) is 6.75. The Morgan fingerprint density at radius 1 is 1.50 bits per heavy atom. The van der Waals surface area contributed by atoms with Gasteiger partial charge in [-0.1, -0.05) is 12.1 Å². The van der Waals surface area contributed by atoms with Crippen molar-refractivity contribution >= 4 is 18.3 Å². The first-order chi connectivity index (χ1) is 9.22. The Morgan fingerprint density at radius 3 is 2.95 bits per heavy atom. The Morgan fingerprint density at radius 2 is 2.25 bits per heavy atom. The molecule has 1 saturated heterocycles. The van der Waals surface area contributed by atoms with Gasteiger partial charge in [-0.3, -0.25) is 4.79 Å². The molecule has 1 atom stereocenters. The largest absolute Gasteiger partial charge is 0.481 e. The number of hydrogen-bond acceptors (Lipinski definition) is 3. The van der Waals surface area contributed by atoms with Crippen molar-refractivity contribution in [2.45, 2.75) is 18.9 Å². The first-order valence-corrected chi connectivity index (χ1v) is 6.53. The van der Waals surface area contributed by atoms with Crippen LogP contribution >= 0.6 is 12.4 Å². The number of nitrogens with zero attached hydrogens (tertiary/aromatic N) is 1. The second-order valence-corrected chi connectivity index (χ2v) is 4.66. The number of hydrogen-bond donors (Lipinski definition) is 1. The molecule has 4 nitrogen and oxygen atoms in total. The summed E-state index contributed by atoms with van der Waals surface area (Å²) in [5.41, 5.74) is 0. The van der Waals surface area contributed by atoms with E-state index in [0.717, 1.165) is 25.9 Å². The third kappa shape index (κ3) is 4.08. The van der Waals surface area contributed by atoms with E-state index in [2.05, 4.69) is 5.32 Å². The van der Waals surface area contributed by atoms with Gasteiger partial charge < -0.3 is 15.0 Å². The highest BCUT2D eigenvalue weighted by atomic mass is 35.5. The van der Waals surface area contributed by atoms with Crippen LogP contribution in [-0.4, -0.2) is 43.6 Å². The third-order valence-electron chi connectivity index (χ3n) is 3.33. The molecule has 1 unspecified atom stereocenters. The van der Waals surface area contributed by atoms with Gasteiger partial charge >= 0.3 is 0 Å². The zero-order valence-corrected chi connectivity index (χ0v) is 12.3. The average molecular weight is 303 g/mol. The second kappa shape index (κ2) is 8.07. The molecule has 1 aliphatic heterocycles. The van der Waals surface area contributed by atoms with Crippen LogP contribution in [0, 0.1) is 5.82 Å². The molecule has 6 heteroatoms. The van der Waals surface area contributed by atoms with Gasteiger partial charge in [-0.15, -0.1) is 12.4 Å². The highest BCUT2D eigenvalue weighted by Gasteiger charge is 2.28. The van der Waals surface area contributed by atoms with Crippen molar-refractivity contribution in [1.29, 1.82) is 0 Å². The summed E-state index contributed by atoms with van der Waals surface area (Å²) in [6.45, 7) is 1.43. The van der Waals surface area contributed by atoms with Gasteiger partial charge in [0.25, 0.3) is 5.91 Å². The zero-order chi connectivity index (χ0) is 13.7. The predicted molar refractivity (Wildman–Crippen MR) is 77.8 cm³/mol. The maximum absolute atomic E-state index is 13.4. The topological polar surface area (TPSA) is 41.6 Å². The molecule has 1 aromatic carbocycles. The van der Waals surface area contributed by atoms with Crippen LogP contribution in [0.5, 0.6) is 5.75 Å². The fourth-order valence-electron chi connectivity index (χ4n) is 2.40. The lowest BCUT2D eigenvalue weighted by Gasteiger charge is -2.24. The molecule has 0 bridgehead atoms. The van der Waals surface area contributed by atoms with Crippen molar-refractivity contribution in [3.63, 3.8) is 0 Å². The first kappa shape index (κ1) is 16.7. The Labute approximate surface area is 124 Å². The molecule has 1 aromatic rings. The summed E-state index contributed by atoms with van der Waals surface area (Å²) < 4.78 is 18.6. The van der Waals surface area contributed by atoms with Crippen LogP contribution in [0.15, 0.2) is 24.3 Å². The lowest BCUT2D eigenvalue weighted by Crippen LogP contribution is -2.43. The number of carbonyl (C=O) groups is 1. The number of halogens is 2. The highest BCUT2D eigenvalue weighted by Crippen LogP contribution is 2.18. The molecule has 1 amide bonds. The minimum Gasteiger partial charge on any atom is -0.481 e. The number of likely N-dealkylation sites (N-methyl/N-ethyl adjacent to an activating group) is 1. The quantitative estimate of drug-likeness (QED) is 0.902. The minimum absolute atomic E-state index is 0. The molecule has 20 heavy (non-hydrogen) atoms. The Hall–Kier alpha value is -1.33. The summed E-state index contributed by atoms with van der Waals surface area (Å²) in [6, 6.07) is 6.34. The van der Waals surface area contributed by atoms with Gasteiger partial charge in [0.15, 0.2) is 18.2 Å². The standard InChI is InChI=1S/C14H19FN2O2.ClH/c1-16-9-11-5-4-8-17(11)14(18)10-19-13-7-3-2-6-12(13)15;/h2-3,6-7,11,16H,4-5,8-10H2,1H3;1H. The molecule has 112 valence electrons. The second-order valence-electron chi connectivity index (χ2n) is 4.66. The lowest BCUT2D eigenvalue weighted by molar-refractivity contribution is -0.134. The smallest absolute Gasteiger partial charge is 0.260 e. The van der Waals surface area contributed by atoms with Gasteiger partial charge in [-0.05, 0) is 32.0 Å². The van der Waals surface area contributed by atoms with Gasteiger partial charge in [-0.25, -0.2) is 4.39 Å². The number of amides is 1. The van der Waals surface area contributed by atoms with E-state index in [1.165, 1.54) is 12.1 Å². The Balaban J connectivity index is 0.00000200. The average Bonchev–Trinajstić information content (AvgIpc) is 2.86. The van der Waals surface area contributed by atoms with E-state index >= 15 is 0 Å². The fourth-order valence-corrected chi connectivity index (χ4v) is 2.40. The molecular formula is C14H20ClFN2O2. The SMILES string of the molecule is CNCC1CCCN1C(=O)COc1ccccc1F.Cl. The van der Waals surface area contributed by atoms with Gasteiger partial charge in [-0.2, -0.15) is 0 Å². The van der Waals surface area contributed by atoms with Crippen LogP contribution in [0.4, 0.5) is 4.39 Å². The number of ether oxygens (including phenoxy) is 1. The zero-order valence-electron chi connectivity index (χ0n) is 11.5. The molecule has 2 rings (SSSR count). The van der Waals surface area contributed by atoms with Crippen LogP contribution < -0.4 is 10.1 Å². The van der Waals surface area contributed by atoms with Crippen molar-refractivity contribution in [3.05, 3.63) is 30.1 Å². The van der Waals surface area contributed by atoms with Crippen molar-refractivity contribution in [3.8, 4) is 5.75 Å². The molecule has 0 spiro atoms. The van der Waals surface area contributed by atoms with Crippen molar-refractivity contribution in [2.24, 2.45) is 0 Å². The number of carbonyl (C=O) groups excluding carboxylic acids is 1. The van der Waals surface area contributed by atoms with Crippen LogP contribution in [0.2, 0.25) is 0 Å². The third-order valence-corrected chi connectivity index (χ3v) is 3.33. The van der Waals surface area contributed by atoms with E-state index in [-0.39, 0.29) is 36.7 Å². The van der Waals surface area contributed by atoms with E-state index in [9.17, 15) is 9.18 Å². The molecule has 0 aromatic heterocycles. The van der Waals surface area contributed by atoms with E-state index in [0.29, 0.717) is 0 Å². The minimum atomic E-state index is -0.441. The van der Waals surface area contributed by atoms with Crippen molar-refractivity contribution in [2.75, 3.05) is 26.7 Å². The van der Waals surface area contributed by atoms with E-state index in [4.69, 9.17) is 4.74 Å². The predicted octanol–water partition coefficient (Wildman–Crippen LogP) is 1.84. The number of likely N-dealkylation sites (tertiary alicyclic amines) is 1. The van der Waals surface area contributed by atoms with Crippen LogP contribution in [0.1, 0.15) is 12.8 Å². The highest BCUT2D eigenvalue weighted by molar-refractivity contribution is 5.85. The van der Waals surface area contributed by atoms with Gasteiger partial charge in [0, 0.05) is 19.1 Å². The molecular weight excluding hydrogens is 283 g/mol. The maximum Gasteiger partial charge on any atom is 0.260 e. The summed E-state index contributed by atoms with van der Waals surface area (Å²) in [5.74, 6) is -0.398. The van der Waals surface area contributed by atoms with E-state index in [1.807, 2.05) is 11.9 Å². The van der Waals surface area contributed by atoms with E-state index in [1.54, 1.807) is 12.1 Å². The molecule has 1 heterocycles. The summed E-state index contributed by atoms with van der Waals surface area (Å²) >= 11 is 0. The van der Waals surface area contributed by atoms with Crippen LogP contribution in [-0.2, 0) is 4.79 Å². The number of para-hydroxylation sites is 1. The van der Waals surface area contributed by atoms with Crippen LogP contribution in [0.25, 0.3) is 0 Å². The van der Waals surface area contributed by atoms with Crippen molar-refractivity contribution < 1.29 is 13.9 Å². The molecule has 1 N–H and O–H groups in total. The van der Waals surface area contributed by atoms with Crippen molar-refractivity contribution in [1.82, 2.24) is 10.2 Å². The number of rotatable bonds is 5. The molecule has 1 aliphatic rings. The molecule has 0 radical (unpaired) electrons. The molecule has 0 saturated carbocycles.